The smallest absolute Gasteiger partial charge is 0.370 e. The largest absolute Gasteiger partial charge is 0.475 e. The van der Waals surface area contributed by atoms with E-state index in [1.54, 1.807) is 42.5 Å². The number of carbonyl (C=O) groups excluding carboxylic acids is 1. The van der Waals surface area contributed by atoms with E-state index in [0.29, 0.717) is 12.0 Å². The molecule has 7 nitrogen and oxygen atoms in total. The quantitative estimate of drug-likeness (QED) is 0.691. The number of aliphatic carboxylic acids is 1. The number of hydrogen-bond acceptors (Lipinski definition) is 6. The number of carboxylic acid groups (broad SMARTS) is 1. The molecule has 0 saturated carbocycles. The zero-order valence-corrected chi connectivity index (χ0v) is 15.9. The number of ether oxygens (including phenoxy) is 3. The summed E-state index contributed by atoms with van der Waals surface area (Å²) in [6.45, 7) is 0.216. The van der Waals surface area contributed by atoms with E-state index in [-0.39, 0.29) is 24.9 Å². The fourth-order valence-corrected chi connectivity index (χ4v) is 3.06. The Labute approximate surface area is 168 Å². The van der Waals surface area contributed by atoms with Gasteiger partial charge in [-0.15, -0.1) is 0 Å². The monoisotopic (exact) mass is 398 g/mol. The second kappa shape index (κ2) is 9.36. The topological polar surface area (TPSA) is 102 Å². The van der Waals surface area contributed by atoms with Crippen LogP contribution in [0.4, 0.5) is 0 Å². The van der Waals surface area contributed by atoms with E-state index in [1.165, 1.54) is 7.11 Å². The molecule has 3 rings (SSSR count). The Morgan fingerprint density at radius 2 is 1.72 bits per heavy atom. The molecular weight excluding hydrogens is 376 g/mol. The van der Waals surface area contributed by atoms with Gasteiger partial charge in [0.25, 0.3) is 0 Å². The van der Waals surface area contributed by atoms with Gasteiger partial charge in [0.1, 0.15) is 0 Å². The summed E-state index contributed by atoms with van der Waals surface area (Å²) >= 11 is 0. The average molecular weight is 398 g/mol. The molecule has 2 aromatic rings. The summed E-state index contributed by atoms with van der Waals surface area (Å²) in [5, 5.41) is 18.5. The number of carbonyl (C=O) groups is 2. The number of aliphatic hydroxyl groups excluding tert-OH is 1. The molecule has 152 valence electrons. The van der Waals surface area contributed by atoms with Crippen molar-refractivity contribution in [1.29, 1.82) is 0 Å². The van der Waals surface area contributed by atoms with Crippen molar-refractivity contribution >= 4 is 11.9 Å². The maximum atomic E-state index is 11.6. The zero-order valence-electron chi connectivity index (χ0n) is 15.9. The Balaban J connectivity index is 1.71. The van der Waals surface area contributed by atoms with E-state index in [1.807, 2.05) is 12.1 Å². The number of hydrogen-bond donors (Lipinski definition) is 2. The molecule has 1 aliphatic heterocycles. The Morgan fingerprint density at radius 1 is 1.07 bits per heavy atom. The Kier molecular flexibility index (Phi) is 6.64. The minimum Gasteiger partial charge on any atom is -0.475 e. The van der Waals surface area contributed by atoms with Gasteiger partial charge in [0.05, 0.1) is 25.9 Å². The van der Waals surface area contributed by atoms with E-state index in [2.05, 4.69) is 0 Å². The van der Waals surface area contributed by atoms with Crippen LogP contribution in [0.3, 0.4) is 0 Å². The second-order valence-corrected chi connectivity index (χ2v) is 6.62. The first-order chi connectivity index (χ1) is 14.0. The molecule has 29 heavy (non-hydrogen) atoms. The minimum absolute atomic E-state index is 0.0317. The number of methoxy groups -OCH3 is 1. The van der Waals surface area contributed by atoms with Gasteiger partial charge in [-0.3, -0.25) is 0 Å². The standard InChI is InChI=1S/C22H22O7/c1-27-22(26)17-8-6-16(7-9-17)18-10-19(21(24)25)29-20(11-18)28-13-15-4-2-14(12-23)3-5-15/h2-10,18,20,23H,11-13H2,1H3,(H,24,25)/t18-,20+/m0/s1. The molecule has 0 aliphatic carbocycles. The van der Waals surface area contributed by atoms with Gasteiger partial charge in [0.15, 0.2) is 0 Å². The summed E-state index contributed by atoms with van der Waals surface area (Å²) in [6.07, 6.45) is 1.25. The number of carboxylic acids is 1. The van der Waals surface area contributed by atoms with Crippen LogP contribution in [0.5, 0.6) is 0 Å². The van der Waals surface area contributed by atoms with Crippen LogP contribution in [0.1, 0.15) is 39.4 Å². The molecule has 0 fully saturated rings. The molecule has 0 bridgehead atoms. The van der Waals surface area contributed by atoms with Crippen LogP contribution in [0.2, 0.25) is 0 Å². The lowest BCUT2D eigenvalue weighted by Crippen LogP contribution is -2.26. The van der Waals surface area contributed by atoms with Crippen LogP contribution in [0.15, 0.2) is 60.4 Å². The summed E-state index contributed by atoms with van der Waals surface area (Å²) in [4.78, 5) is 23.1. The van der Waals surface area contributed by atoms with E-state index < -0.39 is 18.2 Å². The van der Waals surface area contributed by atoms with Crippen molar-refractivity contribution in [2.75, 3.05) is 7.11 Å². The molecule has 1 aliphatic rings. The van der Waals surface area contributed by atoms with Crippen molar-refractivity contribution < 1.29 is 34.0 Å². The number of rotatable bonds is 7. The molecule has 2 aromatic carbocycles. The normalized spacial score (nSPS) is 18.5. The summed E-state index contributed by atoms with van der Waals surface area (Å²) in [7, 11) is 1.32. The van der Waals surface area contributed by atoms with Crippen LogP contribution in [-0.2, 0) is 32.2 Å². The molecule has 0 aromatic heterocycles. The highest BCUT2D eigenvalue weighted by Crippen LogP contribution is 2.32. The molecule has 7 heteroatoms. The number of esters is 1. The molecule has 1 heterocycles. The van der Waals surface area contributed by atoms with Gasteiger partial charge < -0.3 is 24.4 Å². The number of allylic oxidation sites excluding steroid dienone is 1. The SMILES string of the molecule is COC(=O)c1ccc([C@H]2C=C(C(=O)O)O[C@@H](OCc3ccc(CO)cc3)C2)cc1. The lowest BCUT2D eigenvalue weighted by atomic mass is 9.92. The molecular formula is C22H22O7. The first-order valence-electron chi connectivity index (χ1n) is 9.10. The third kappa shape index (κ3) is 5.22. The van der Waals surface area contributed by atoms with E-state index in [9.17, 15) is 14.7 Å². The van der Waals surface area contributed by atoms with E-state index in [4.69, 9.17) is 19.3 Å². The van der Waals surface area contributed by atoms with Crippen molar-refractivity contribution in [2.45, 2.75) is 31.8 Å². The van der Waals surface area contributed by atoms with Gasteiger partial charge in [0.2, 0.25) is 12.0 Å². The third-order valence-corrected chi connectivity index (χ3v) is 4.67. The van der Waals surface area contributed by atoms with E-state index in [0.717, 1.165) is 16.7 Å². The van der Waals surface area contributed by atoms with Gasteiger partial charge >= 0.3 is 11.9 Å². The zero-order chi connectivity index (χ0) is 20.8. The van der Waals surface area contributed by atoms with Crippen molar-refractivity contribution in [3.63, 3.8) is 0 Å². The van der Waals surface area contributed by atoms with Crippen molar-refractivity contribution in [1.82, 2.24) is 0 Å². The van der Waals surface area contributed by atoms with Crippen LogP contribution in [-0.4, -0.2) is 35.6 Å². The maximum absolute atomic E-state index is 11.6. The van der Waals surface area contributed by atoms with Crippen molar-refractivity contribution in [3.05, 3.63) is 82.6 Å². The van der Waals surface area contributed by atoms with Crippen LogP contribution >= 0.6 is 0 Å². The predicted octanol–water partition coefficient (Wildman–Crippen LogP) is 2.98. The van der Waals surface area contributed by atoms with Crippen LogP contribution < -0.4 is 0 Å². The van der Waals surface area contributed by atoms with Gasteiger partial charge in [-0.2, -0.15) is 0 Å². The van der Waals surface area contributed by atoms with E-state index >= 15 is 0 Å². The summed E-state index contributed by atoms with van der Waals surface area (Å²) < 4.78 is 16.0. The van der Waals surface area contributed by atoms with Crippen molar-refractivity contribution in [2.24, 2.45) is 0 Å². The summed E-state index contributed by atoms with van der Waals surface area (Å²) in [5.74, 6) is -2.00. The highest BCUT2D eigenvalue weighted by Gasteiger charge is 2.28. The number of benzene rings is 2. The fourth-order valence-electron chi connectivity index (χ4n) is 3.06. The summed E-state index contributed by atoms with van der Waals surface area (Å²) in [5.41, 5.74) is 2.95. The highest BCUT2D eigenvalue weighted by molar-refractivity contribution is 5.89. The van der Waals surface area contributed by atoms with Gasteiger partial charge in [-0.05, 0) is 34.9 Å². The third-order valence-electron chi connectivity index (χ3n) is 4.67. The van der Waals surface area contributed by atoms with Gasteiger partial charge in [-0.25, -0.2) is 9.59 Å². The second-order valence-electron chi connectivity index (χ2n) is 6.62. The summed E-state index contributed by atoms with van der Waals surface area (Å²) in [6, 6.07) is 14.1. The highest BCUT2D eigenvalue weighted by atomic mass is 16.7. The minimum atomic E-state index is -1.17. The lowest BCUT2D eigenvalue weighted by molar-refractivity contribution is -0.159. The first-order valence-corrected chi connectivity index (χ1v) is 9.10. The van der Waals surface area contributed by atoms with Crippen LogP contribution in [0.25, 0.3) is 0 Å². The Morgan fingerprint density at radius 3 is 2.31 bits per heavy atom. The molecule has 2 atom stereocenters. The molecule has 0 amide bonds. The number of aliphatic hydroxyl groups is 1. The first kappa shape index (κ1) is 20.6. The van der Waals surface area contributed by atoms with Gasteiger partial charge in [-0.1, -0.05) is 36.4 Å². The molecule has 0 saturated heterocycles. The molecule has 2 N–H and O–H groups in total. The van der Waals surface area contributed by atoms with Crippen molar-refractivity contribution in [3.8, 4) is 0 Å². The van der Waals surface area contributed by atoms with Gasteiger partial charge in [0, 0.05) is 12.3 Å². The lowest BCUT2D eigenvalue weighted by Gasteiger charge is -2.28. The van der Waals surface area contributed by atoms with Crippen LogP contribution in [0, 0.1) is 0 Å². The maximum Gasteiger partial charge on any atom is 0.370 e. The predicted molar refractivity (Wildman–Crippen MR) is 103 cm³/mol. The Bertz CT molecular complexity index is 884. The molecule has 0 radical (unpaired) electrons. The Hall–Kier alpha value is -3.16. The molecule has 0 unspecified atom stereocenters. The average Bonchev–Trinajstić information content (AvgIpc) is 2.77. The molecule has 0 spiro atoms. The fraction of sp³-hybridized carbons (Fsp3) is 0.273.